The molecule has 0 amide bonds. The Morgan fingerprint density at radius 3 is 2.29 bits per heavy atom. The van der Waals surface area contributed by atoms with Crippen molar-refractivity contribution in [2.24, 2.45) is 0 Å². The van der Waals surface area contributed by atoms with Crippen LogP contribution >= 0.6 is 0 Å². The normalized spacial score (nSPS) is 13.0. The van der Waals surface area contributed by atoms with Crippen LogP contribution in [-0.4, -0.2) is 29.1 Å². The fourth-order valence-corrected chi connectivity index (χ4v) is 2.24. The zero-order valence-corrected chi connectivity index (χ0v) is 13.3. The third-order valence-electron chi connectivity index (χ3n) is 3.60. The summed E-state index contributed by atoms with van der Waals surface area (Å²) in [5, 5.41) is 18.2. The van der Waals surface area contributed by atoms with Gasteiger partial charge < -0.3 is 5.11 Å². The number of benzene rings is 1. The second-order valence-electron chi connectivity index (χ2n) is 6.18. The first-order valence-electron chi connectivity index (χ1n) is 7.25. The molecule has 0 aromatic heterocycles. The number of nitriles is 1. The van der Waals surface area contributed by atoms with Gasteiger partial charge in [0.05, 0.1) is 12.5 Å². The van der Waals surface area contributed by atoms with Crippen LogP contribution in [0.5, 0.6) is 0 Å². The number of nitrogens with zero attached hydrogens (tertiary/aromatic N) is 2. The van der Waals surface area contributed by atoms with Crippen LogP contribution in [0.3, 0.4) is 0 Å². The van der Waals surface area contributed by atoms with E-state index in [-0.39, 0.29) is 11.8 Å². The van der Waals surface area contributed by atoms with E-state index in [0.29, 0.717) is 13.1 Å². The molecule has 0 heterocycles. The minimum Gasteiger partial charge on any atom is -0.481 e. The van der Waals surface area contributed by atoms with Crippen molar-refractivity contribution in [3.63, 3.8) is 0 Å². The first-order chi connectivity index (χ1) is 9.79. The smallest absolute Gasteiger partial charge is 0.304 e. The maximum Gasteiger partial charge on any atom is 0.304 e. The molecule has 0 aliphatic rings. The van der Waals surface area contributed by atoms with Crippen molar-refractivity contribution in [2.45, 2.75) is 45.6 Å². The predicted molar refractivity (Wildman–Crippen MR) is 83.0 cm³/mol. The van der Waals surface area contributed by atoms with Crippen LogP contribution in [0.4, 0.5) is 0 Å². The van der Waals surface area contributed by atoms with Crippen molar-refractivity contribution >= 4 is 5.97 Å². The topological polar surface area (TPSA) is 64.3 Å². The summed E-state index contributed by atoms with van der Waals surface area (Å²) in [6.45, 7) is 9.41. The van der Waals surface area contributed by atoms with E-state index in [4.69, 9.17) is 5.11 Å². The van der Waals surface area contributed by atoms with E-state index in [1.165, 1.54) is 5.56 Å². The molecule has 114 valence electrons. The number of carboxylic acid groups (broad SMARTS) is 1. The Kier molecular flexibility index (Phi) is 5.92. The van der Waals surface area contributed by atoms with Crippen molar-refractivity contribution in [1.82, 2.24) is 4.90 Å². The van der Waals surface area contributed by atoms with E-state index in [2.05, 4.69) is 26.8 Å². The average molecular weight is 288 g/mol. The van der Waals surface area contributed by atoms with E-state index >= 15 is 0 Å². The van der Waals surface area contributed by atoms with Crippen molar-refractivity contribution < 1.29 is 9.90 Å². The van der Waals surface area contributed by atoms with Crippen molar-refractivity contribution in [3.05, 3.63) is 35.4 Å². The zero-order chi connectivity index (χ0) is 16.0. The Balaban J connectivity index is 2.93. The monoisotopic (exact) mass is 288 g/mol. The van der Waals surface area contributed by atoms with Gasteiger partial charge in [-0.1, -0.05) is 52.0 Å². The van der Waals surface area contributed by atoms with Gasteiger partial charge in [-0.15, -0.1) is 0 Å². The third-order valence-corrected chi connectivity index (χ3v) is 3.60. The molecule has 0 saturated carbocycles. The van der Waals surface area contributed by atoms with Gasteiger partial charge in [-0.2, -0.15) is 5.26 Å². The Morgan fingerprint density at radius 2 is 1.90 bits per heavy atom. The van der Waals surface area contributed by atoms with Crippen LogP contribution in [0.15, 0.2) is 24.3 Å². The summed E-state index contributed by atoms with van der Waals surface area (Å²) in [7, 11) is 0. The lowest BCUT2D eigenvalue weighted by Crippen LogP contribution is -2.30. The van der Waals surface area contributed by atoms with E-state index < -0.39 is 12.0 Å². The van der Waals surface area contributed by atoms with E-state index in [9.17, 15) is 10.1 Å². The largest absolute Gasteiger partial charge is 0.481 e. The standard InChI is InChI=1S/C17H24N2O2/c1-5-19(11-10-16(20)21)15(12-18)13-6-8-14(9-7-13)17(2,3)4/h6-9,15H,5,10-11H2,1-4H3,(H,20,21). The molecule has 1 aromatic rings. The van der Waals surface area contributed by atoms with Crippen LogP contribution in [0.25, 0.3) is 0 Å². The maximum absolute atomic E-state index is 10.7. The van der Waals surface area contributed by atoms with Gasteiger partial charge in [-0.3, -0.25) is 9.69 Å². The van der Waals surface area contributed by atoms with Crippen molar-refractivity contribution in [1.29, 1.82) is 5.26 Å². The number of hydrogen-bond donors (Lipinski definition) is 1. The lowest BCUT2D eigenvalue weighted by atomic mass is 9.86. The molecule has 0 bridgehead atoms. The van der Waals surface area contributed by atoms with Gasteiger partial charge in [0.1, 0.15) is 6.04 Å². The highest BCUT2D eigenvalue weighted by Crippen LogP contribution is 2.26. The summed E-state index contributed by atoms with van der Waals surface area (Å²) in [5.41, 5.74) is 2.21. The third kappa shape index (κ3) is 4.87. The van der Waals surface area contributed by atoms with Crippen LogP contribution in [-0.2, 0) is 10.2 Å². The van der Waals surface area contributed by atoms with Gasteiger partial charge in [0, 0.05) is 6.54 Å². The Hall–Kier alpha value is -1.86. The quantitative estimate of drug-likeness (QED) is 0.872. The zero-order valence-electron chi connectivity index (χ0n) is 13.3. The first-order valence-corrected chi connectivity index (χ1v) is 7.25. The highest BCUT2D eigenvalue weighted by atomic mass is 16.4. The molecule has 0 aliphatic carbocycles. The van der Waals surface area contributed by atoms with Gasteiger partial charge in [0.2, 0.25) is 0 Å². The molecule has 1 unspecified atom stereocenters. The van der Waals surface area contributed by atoms with E-state index in [1.807, 2.05) is 36.1 Å². The molecule has 1 N–H and O–H groups in total. The van der Waals surface area contributed by atoms with Crippen LogP contribution in [0.1, 0.15) is 51.3 Å². The fraction of sp³-hybridized carbons (Fsp3) is 0.529. The molecule has 1 rings (SSSR count). The minimum atomic E-state index is -0.840. The van der Waals surface area contributed by atoms with Gasteiger partial charge in [-0.05, 0) is 23.1 Å². The highest BCUT2D eigenvalue weighted by Gasteiger charge is 2.20. The van der Waals surface area contributed by atoms with Gasteiger partial charge in [0.15, 0.2) is 0 Å². The maximum atomic E-state index is 10.7. The molecular formula is C17H24N2O2. The number of rotatable bonds is 6. The van der Waals surface area contributed by atoms with Crippen LogP contribution < -0.4 is 0 Å². The molecular weight excluding hydrogens is 264 g/mol. The molecule has 0 radical (unpaired) electrons. The first kappa shape index (κ1) is 17.2. The molecule has 1 aromatic carbocycles. The molecule has 21 heavy (non-hydrogen) atoms. The molecule has 0 fully saturated rings. The molecule has 4 heteroatoms. The molecule has 0 spiro atoms. The van der Waals surface area contributed by atoms with E-state index in [0.717, 1.165) is 5.56 Å². The summed E-state index contributed by atoms with van der Waals surface area (Å²) in [4.78, 5) is 12.6. The lowest BCUT2D eigenvalue weighted by Gasteiger charge is -2.26. The predicted octanol–water partition coefficient (Wildman–Crippen LogP) is 3.35. The number of aliphatic carboxylic acids is 1. The molecule has 1 atom stereocenters. The second kappa shape index (κ2) is 7.24. The van der Waals surface area contributed by atoms with Gasteiger partial charge in [0.25, 0.3) is 0 Å². The second-order valence-corrected chi connectivity index (χ2v) is 6.18. The minimum absolute atomic E-state index is 0.0477. The number of carbonyl (C=O) groups is 1. The molecule has 0 saturated heterocycles. The summed E-state index contributed by atoms with van der Waals surface area (Å²) in [5.74, 6) is -0.840. The Morgan fingerprint density at radius 1 is 1.33 bits per heavy atom. The summed E-state index contributed by atoms with van der Waals surface area (Å²) >= 11 is 0. The number of hydrogen-bond acceptors (Lipinski definition) is 3. The molecule has 4 nitrogen and oxygen atoms in total. The summed E-state index contributed by atoms with van der Waals surface area (Å²) < 4.78 is 0. The van der Waals surface area contributed by atoms with Crippen molar-refractivity contribution in [3.8, 4) is 6.07 Å². The van der Waals surface area contributed by atoms with Crippen LogP contribution in [0, 0.1) is 11.3 Å². The SMILES string of the molecule is CCN(CCC(=O)O)C(C#N)c1ccc(C(C)(C)C)cc1. The molecule has 0 aliphatic heterocycles. The van der Waals surface area contributed by atoms with Gasteiger partial charge >= 0.3 is 5.97 Å². The lowest BCUT2D eigenvalue weighted by molar-refractivity contribution is -0.137. The summed E-state index contributed by atoms with van der Waals surface area (Å²) in [6, 6.07) is 9.92. The van der Waals surface area contributed by atoms with E-state index in [1.54, 1.807) is 0 Å². The summed E-state index contributed by atoms with van der Waals surface area (Å²) in [6.07, 6.45) is 0.0477. The number of carboxylic acids is 1. The van der Waals surface area contributed by atoms with Crippen molar-refractivity contribution in [2.75, 3.05) is 13.1 Å². The Bertz CT molecular complexity index is 509. The average Bonchev–Trinajstić information content (AvgIpc) is 2.42. The fourth-order valence-electron chi connectivity index (χ4n) is 2.24. The van der Waals surface area contributed by atoms with Crippen LogP contribution in [0.2, 0.25) is 0 Å². The highest BCUT2D eigenvalue weighted by molar-refractivity contribution is 5.66. The Labute approximate surface area is 127 Å². The van der Waals surface area contributed by atoms with Gasteiger partial charge in [-0.25, -0.2) is 0 Å².